The van der Waals surface area contributed by atoms with Crippen LogP contribution in [0, 0.1) is 0 Å². The van der Waals surface area contributed by atoms with Crippen LogP contribution in [0.1, 0.15) is 19.3 Å². The highest BCUT2D eigenvalue weighted by atomic mass is 16.5. The molecule has 3 unspecified atom stereocenters. The van der Waals surface area contributed by atoms with Crippen molar-refractivity contribution in [3.8, 4) is 0 Å². The van der Waals surface area contributed by atoms with Crippen molar-refractivity contribution in [3.05, 3.63) is 0 Å². The minimum absolute atomic E-state index is 0.172. The van der Waals surface area contributed by atoms with Crippen LogP contribution in [0.25, 0.3) is 0 Å². The fourth-order valence-electron chi connectivity index (χ4n) is 2.20. The number of ether oxygens (including phenoxy) is 1. The molecule has 4 nitrogen and oxygen atoms in total. The van der Waals surface area contributed by atoms with Crippen LogP contribution in [-0.2, 0) is 4.74 Å². The van der Waals surface area contributed by atoms with Gasteiger partial charge >= 0.3 is 0 Å². The predicted molar refractivity (Wildman–Crippen MR) is 47.4 cm³/mol. The Morgan fingerprint density at radius 2 is 2.31 bits per heavy atom. The van der Waals surface area contributed by atoms with E-state index in [9.17, 15) is 0 Å². The second kappa shape index (κ2) is 3.92. The third-order valence-electron chi connectivity index (χ3n) is 2.93. The third-order valence-corrected chi connectivity index (χ3v) is 2.93. The zero-order valence-corrected chi connectivity index (χ0v) is 7.65. The van der Waals surface area contributed by atoms with Crippen LogP contribution in [0.3, 0.4) is 0 Å². The van der Waals surface area contributed by atoms with Crippen LogP contribution < -0.4 is 5.32 Å². The van der Waals surface area contributed by atoms with Crippen LogP contribution >= 0.6 is 0 Å². The van der Waals surface area contributed by atoms with Gasteiger partial charge in [-0.15, -0.1) is 0 Å². The van der Waals surface area contributed by atoms with Crippen molar-refractivity contribution in [2.45, 2.75) is 43.6 Å². The summed E-state index contributed by atoms with van der Waals surface area (Å²) in [5, 5.41) is 21.0. The number of nitrogens with one attached hydrogen (secondary N) is 1. The molecule has 76 valence electrons. The molecule has 2 aliphatic rings. The van der Waals surface area contributed by atoms with E-state index in [0.29, 0.717) is 24.8 Å². The molecule has 13 heavy (non-hydrogen) atoms. The topological polar surface area (TPSA) is 61.7 Å². The molecule has 2 bridgehead atoms. The summed E-state index contributed by atoms with van der Waals surface area (Å²) in [6, 6.07) is 0.389. The van der Waals surface area contributed by atoms with E-state index in [1.807, 2.05) is 0 Å². The normalized spacial score (nSPS) is 39.7. The van der Waals surface area contributed by atoms with E-state index in [0.717, 1.165) is 12.8 Å². The minimum Gasteiger partial charge on any atom is -0.394 e. The van der Waals surface area contributed by atoms with E-state index in [1.54, 1.807) is 0 Å². The van der Waals surface area contributed by atoms with Crippen LogP contribution in [-0.4, -0.2) is 47.7 Å². The standard InChI is InChI=1S/C9H17NO3/c11-5-6(12)4-10-8-3-7-1-2-9(8)13-7/h6-12H,1-5H2/t6-,7?,8?,9?/m0/s1. The van der Waals surface area contributed by atoms with Gasteiger partial charge in [-0.2, -0.15) is 0 Å². The Bertz CT molecular complexity index is 176. The summed E-state index contributed by atoms with van der Waals surface area (Å²) < 4.78 is 5.64. The highest BCUT2D eigenvalue weighted by molar-refractivity contribution is 4.94. The minimum atomic E-state index is -0.640. The SMILES string of the molecule is OC[C@@H](O)CNC1CC2CCC1O2. The van der Waals surface area contributed by atoms with Crippen molar-refractivity contribution in [3.63, 3.8) is 0 Å². The van der Waals surface area contributed by atoms with Gasteiger partial charge in [0.2, 0.25) is 0 Å². The maximum Gasteiger partial charge on any atom is 0.0895 e. The summed E-state index contributed by atoms with van der Waals surface area (Å²) in [5.41, 5.74) is 0. The predicted octanol–water partition coefficient (Wildman–Crippen LogP) is -0.751. The van der Waals surface area contributed by atoms with Gasteiger partial charge in [-0.3, -0.25) is 0 Å². The zero-order chi connectivity index (χ0) is 9.26. The first-order chi connectivity index (χ1) is 6.29. The molecule has 4 atom stereocenters. The van der Waals surface area contributed by atoms with Crippen LogP contribution in [0.5, 0.6) is 0 Å². The van der Waals surface area contributed by atoms with Crippen molar-refractivity contribution < 1.29 is 14.9 Å². The molecule has 0 saturated carbocycles. The first-order valence-corrected chi connectivity index (χ1v) is 4.97. The molecular weight excluding hydrogens is 170 g/mol. The van der Waals surface area contributed by atoms with Gasteiger partial charge in [0.05, 0.1) is 24.9 Å². The quantitative estimate of drug-likeness (QED) is 0.542. The Morgan fingerprint density at radius 3 is 2.85 bits per heavy atom. The van der Waals surface area contributed by atoms with E-state index >= 15 is 0 Å². The lowest BCUT2D eigenvalue weighted by molar-refractivity contribution is 0.0798. The van der Waals surface area contributed by atoms with Gasteiger partial charge in [-0.1, -0.05) is 0 Å². The summed E-state index contributed by atoms with van der Waals surface area (Å²) in [5.74, 6) is 0. The van der Waals surface area contributed by atoms with Crippen molar-refractivity contribution in [2.75, 3.05) is 13.2 Å². The molecule has 0 spiro atoms. The third kappa shape index (κ3) is 2.02. The first-order valence-electron chi connectivity index (χ1n) is 4.97. The Labute approximate surface area is 77.9 Å². The van der Waals surface area contributed by atoms with E-state index in [2.05, 4.69) is 5.32 Å². The Hall–Kier alpha value is -0.160. The molecule has 2 fully saturated rings. The van der Waals surface area contributed by atoms with Crippen LogP contribution in [0.4, 0.5) is 0 Å². The molecule has 0 radical (unpaired) electrons. The van der Waals surface area contributed by atoms with Gasteiger partial charge in [0.15, 0.2) is 0 Å². The van der Waals surface area contributed by atoms with Crippen molar-refractivity contribution in [1.29, 1.82) is 0 Å². The first kappa shape index (κ1) is 9.40. The highest BCUT2D eigenvalue weighted by Crippen LogP contribution is 2.34. The number of rotatable bonds is 4. The van der Waals surface area contributed by atoms with Crippen LogP contribution in [0.15, 0.2) is 0 Å². The molecule has 2 saturated heterocycles. The summed E-state index contributed by atoms with van der Waals surface area (Å²) >= 11 is 0. The van der Waals surface area contributed by atoms with Crippen molar-refractivity contribution in [2.24, 2.45) is 0 Å². The molecule has 0 amide bonds. The molecule has 0 aromatic carbocycles. The fraction of sp³-hybridized carbons (Fsp3) is 1.00. The zero-order valence-electron chi connectivity index (χ0n) is 7.65. The van der Waals surface area contributed by atoms with E-state index in [-0.39, 0.29) is 6.61 Å². The van der Waals surface area contributed by atoms with E-state index in [4.69, 9.17) is 14.9 Å². The second-order valence-electron chi connectivity index (χ2n) is 3.96. The molecule has 2 heterocycles. The van der Waals surface area contributed by atoms with Gasteiger partial charge in [-0.25, -0.2) is 0 Å². The summed E-state index contributed by atoms with van der Waals surface area (Å²) in [6.45, 7) is 0.294. The molecule has 0 aliphatic carbocycles. The smallest absolute Gasteiger partial charge is 0.0895 e. The number of hydrogen-bond donors (Lipinski definition) is 3. The molecule has 2 rings (SSSR count). The largest absolute Gasteiger partial charge is 0.394 e. The van der Waals surface area contributed by atoms with Gasteiger partial charge in [-0.05, 0) is 19.3 Å². The fourth-order valence-corrected chi connectivity index (χ4v) is 2.20. The van der Waals surface area contributed by atoms with Gasteiger partial charge < -0.3 is 20.3 Å². The summed E-state index contributed by atoms with van der Waals surface area (Å²) in [6.07, 6.45) is 3.52. The monoisotopic (exact) mass is 187 g/mol. The maximum atomic E-state index is 9.14. The highest BCUT2D eigenvalue weighted by Gasteiger charge is 2.40. The Balaban J connectivity index is 1.71. The van der Waals surface area contributed by atoms with Crippen molar-refractivity contribution >= 4 is 0 Å². The molecular formula is C9H17NO3. The van der Waals surface area contributed by atoms with E-state index < -0.39 is 6.10 Å². The summed E-state index contributed by atoms with van der Waals surface area (Å²) in [4.78, 5) is 0. The number of aliphatic hydroxyl groups excluding tert-OH is 2. The lowest BCUT2D eigenvalue weighted by Gasteiger charge is -2.21. The molecule has 0 aromatic heterocycles. The van der Waals surface area contributed by atoms with Crippen LogP contribution in [0.2, 0.25) is 0 Å². The molecule has 2 aliphatic heterocycles. The van der Waals surface area contributed by atoms with Crippen molar-refractivity contribution in [1.82, 2.24) is 5.32 Å². The Kier molecular flexibility index (Phi) is 2.83. The van der Waals surface area contributed by atoms with Gasteiger partial charge in [0.25, 0.3) is 0 Å². The summed E-state index contributed by atoms with van der Waals surface area (Å²) in [7, 11) is 0. The van der Waals surface area contributed by atoms with Gasteiger partial charge in [0, 0.05) is 12.6 Å². The maximum absolute atomic E-state index is 9.14. The molecule has 0 aromatic rings. The van der Waals surface area contributed by atoms with E-state index in [1.165, 1.54) is 6.42 Å². The average Bonchev–Trinajstić information content (AvgIpc) is 2.74. The molecule has 4 heteroatoms. The van der Waals surface area contributed by atoms with Gasteiger partial charge in [0.1, 0.15) is 0 Å². The number of fused-ring (bicyclic) bond motifs is 2. The Morgan fingerprint density at radius 1 is 1.46 bits per heavy atom. The average molecular weight is 187 g/mol. The lowest BCUT2D eigenvalue weighted by atomic mass is 9.95. The molecule has 3 N–H and O–H groups in total. The number of hydrogen-bond acceptors (Lipinski definition) is 4. The number of aliphatic hydroxyl groups is 2. The lowest BCUT2D eigenvalue weighted by Crippen LogP contribution is -2.42. The second-order valence-corrected chi connectivity index (χ2v) is 3.96.